The van der Waals surface area contributed by atoms with E-state index in [0.717, 1.165) is 5.56 Å². The van der Waals surface area contributed by atoms with Crippen molar-refractivity contribution in [3.8, 4) is 0 Å². The van der Waals surface area contributed by atoms with Crippen molar-refractivity contribution in [3.63, 3.8) is 0 Å². The van der Waals surface area contributed by atoms with E-state index in [0.29, 0.717) is 21.7 Å². The van der Waals surface area contributed by atoms with Gasteiger partial charge in [0.25, 0.3) is 5.91 Å². The standard InChI is InChI=1S/C28H38ClN3O7/c1-18(32(5)27(36)39-28(2,3)4)16-31-25(34)22-13-19(17-33)12-21(14-22)24(20-8-7-9-23(29)15-20)38-11-10-30-26(35)37-6/h7-9,12-15,18,24,33H,10-11,16-17H2,1-6H3,(H,30,35)(H,31,34)/t18-,24?/m0/s1. The molecule has 39 heavy (non-hydrogen) atoms. The first kappa shape index (κ1) is 31.9. The number of alkyl carbamates (subject to hydrolysis) is 1. The average Bonchev–Trinajstić information content (AvgIpc) is 2.89. The molecule has 2 aromatic rings. The third kappa shape index (κ3) is 10.4. The number of carbonyl (C=O) groups is 3. The lowest BCUT2D eigenvalue weighted by atomic mass is 9.96. The van der Waals surface area contributed by atoms with Gasteiger partial charge in [0.05, 0.1) is 20.3 Å². The Kier molecular flexibility index (Phi) is 12.0. The highest BCUT2D eigenvalue weighted by molar-refractivity contribution is 6.30. The Bertz CT molecular complexity index is 1140. The maximum atomic E-state index is 13.1. The van der Waals surface area contributed by atoms with E-state index in [-0.39, 0.29) is 38.3 Å². The lowest BCUT2D eigenvalue weighted by molar-refractivity contribution is 0.0234. The molecule has 3 amide bonds. The van der Waals surface area contributed by atoms with Gasteiger partial charge in [0.1, 0.15) is 11.7 Å². The van der Waals surface area contributed by atoms with Crippen LogP contribution in [0.4, 0.5) is 9.59 Å². The summed E-state index contributed by atoms with van der Waals surface area (Å²) in [7, 11) is 2.88. The number of aliphatic hydroxyl groups is 1. The molecule has 0 heterocycles. The fourth-order valence-corrected chi connectivity index (χ4v) is 3.74. The SMILES string of the molecule is COC(=O)NCCOC(c1cccc(Cl)c1)c1cc(CO)cc(C(=O)NC[C@H](C)N(C)C(=O)OC(C)(C)C)c1. The number of nitrogens with one attached hydrogen (secondary N) is 2. The fourth-order valence-electron chi connectivity index (χ4n) is 3.54. The molecule has 2 atom stereocenters. The molecule has 0 bridgehead atoms. The molecule has 0 fully saturated rings. The Morgan fingerprint density at radius 2 is 1.79 bits per heavy atom. The molecule has 0 radical (unpaired) electrons. The van der Waals surface area contributed by atoms with Crippen LogP contribution in [0.5, 0.6) is 0 Å². The smallest absolute Gasteiger partial charge is 0.410 e. The third-order valence-corrected chi connectivity index (χ3v) is 5.89. The number of benzene rings is 2. The van der Waals surface area contributed by atoms with Crippen molar-refractivity contribution in [1.29, 1.82) is 0 Å². The van der Waals surface area contributed by atoms with Gasteiger partial charge in [-0.2, -0.15) is 0 Å². The zero-order valence-electron chi connectivity index (χ0n) is 23.2. The number of ether oxygens (including phenoxy) is 3. The van der Waals surface area contributed by atoms with Crippen molar-refractivity contribution in [2.75, 3.05) is 33.9 Å². The number of nitrogens with zero attached hydrogens (tertiary/aromatic N) is 1. The predicted octanol–water partition coefficient (Wildman–Crippen LogP) is 4.28. The second-order valence-electron chi connectivity index (χ2n) is 10.00. The van der Waals surface area contributed by atoms with E-state index in [1.54, 1.807) is 71.1 Å². The second kappa shape index (κ2) is 14.7. The molecule has 3 N–H and O–H groups in total. The Morgan fingerprint density at radius 3 is 2.41 bits per heavy atom. The monoisotopic (exact) mass is 563 g/mol. The maximum Gasteiger partial charge on any atom is 0.410 e. The van der Waals surface area contributed by atoms with Gasteiger partial charge in [0, 0.05) is 36.8 Å². The number of halogens is 1. The predicted molar refractivity (Wildman–Crippen MR) is 148 cm³/mol. The molecule has 0 aliphatic rings. The van der Waals surface area contributed by atoms with E-state index in [9.17, 15) is 19.5 Å². The van der Waals surface area contributed by atoms with Crippen molar-refractivity contribution < 1.29 is 33.7 Å². The summed E-state index contributed by atoms with van der Waals surface area (Å²) >= 11 is 6.22. The van der Waals surface area contributed by atoms with Gasteiger partial charge in [0.15, 0.2) is 0 Å². The Balaban J connectivity index is 2.23. The molecule has 214 valence electrons. The first-order valence-electron chi connectivity index (χ1n) is 12.5. The summed E-state index contributed by atoms with van der Waals surface area (Å²) in [6.45, 7) is 7.38. The van der Waals surface area contributed by atoms with E-state index in [1.807, 2.05) is 6.07 Å². The number of amides is 3. The topological polar surface area (TPSA) is 126 Å². The molecule has 1 unspecified atom stereocenters. The summed E-state index contributed by atoms with van der Waals surface area (Å²) in [5, 5.41) is 15.8. The molecule has 10 nitrogen and oxygen atoms in total. The number of carbonyl (C=O) groups excluding carboxylic acids is 3. The van der Waals surface area contributed by atoms with Crippen molar-refractivity contribution in [2.45, 2.75) is 52.0 Å². The molecule has 0 aliphatic carbocycles. The number of likely N-dealkylation sites (N-methyl/N-ethyl adjacent to an activating group) is 1. The van der Waals surface area contributed by atoms with Crippen LogP contribution in [0.3, 0.4) is 0 Å². The minimum Gasteiger partial charge on any atom is -0.453 e. The summed E-state index contributed by atoms with van der Waals surface area (Å²) in [6, 6.07) is 11.8. The van der Waals surface area contributed by atoms with Crippen LogP contribution in [0, 0.1) is 0 Å². The van der Waals surface area contributed by atoms with E-state index in [2.05, 4.69) is 15.4 Å². The average molecular weight is 564 g/mol. The first-order chi connectivity index (χ1) is 18.3. The molecule has 0 saturated carbocycles. The van der Waals surface area contributed by atoms with E-state index in [4.69, 9.17) is 21.1 Å². The van der Waals surface area contributed by atoms with Gasteiger partial charge >= 0.3 is 12.2 Å². The van der Waals surface area contributed by atoms with Gasteiger partial charge in [-0.15, -0.1) is 0 Å². The molecule has 0 saturated heterocycles. The lowest BCUT2D eigenvalue weighted by Gasteiger charge is -2.28. The third-order valence-electron chi connectivity index (χ3n) is 5.66. The number of aliphatic hydroxyl groups excluding tert-OH is 1. The van der Waals surface area contributed by atoms with E-state index in [1.165, 1.54) is 12.0 Å². The largest absolute Gasteiger partial charge is 0.453 e. The van der Waals surface area contributed by atoms with Crippen LogP contribution in [0.15, 0.2) is 42.5 Å². The number of rotatable bonds is 11. The van der Waals surface area contributed by atoms with Crippen molar-refractivity contribution in [3.05, 3.63) is 69.7 Å². The highest BCUT2D eigenvalue weighted by Crippen LogP contribution is 2.29. The summed E-state index contributed by atoms with van der Waals surface area (Å²) < 4.78 is 16.1. The maximum absolute atomic E-state index is 13.1. The number of hydrogen-bond acceptors (Lipinski definition) is 7. The van der Waals surface area contributed by atoms with E-state index < -0.39 is 23.9 Å². The number of methoxy groups -OCH3 is 1. The highest BCUT2D eigenvalue weighted by Gasteiger charge is 2.24. The fraction of sp³-hybridized carbons (Fsp3) is 0.464. The molecule has 2 aromatic carbocycles. The van der Waals surface area contributed by atoms with Crippen molar-refractivity contribution in [1.82, 2.24) is 15.5 Å². The Labute approximate surface area is 234 Å². The molecule has 11 heteroatoms. The van der Waals surface area contributed by atoms with E-state index >= 15 is 0 Å². The van der Waals surface area contributed by atoms with Crippen molar-refractivity contribution in [2.24, 2.45) is 0 Å². The summed E-state index contributed by atoms with van der Waals surface area (Å²) in [6.07, 6.45) is -1.71. The van der Waals surface area contributed by atoms with Crippen LogP contribution >= 0.6 is 11.6 Å². The van der Waals surface area contributed by atoms with Gasteiger partial charge in [-0.3, -0.25) is 4.79 Å². The second-order valence-corrected chi connectivity index (χ2v) is 10.4. The van der Waals surface area contributed by atoms with Crippen LogP contribution in [-0.2, 0) is 20.8 Å². The van der Waals surface area contributed by atoms with Crippen LogP contribution in [0.25, 0.3) is 0 Å². The Morgan fingerprint density at radius 1 is 1.08 bits per heavy atom. The molecular formula is C28H38ClN3O7. The molecule has 0 aromatic heterocycles. The van der Waals surface area contributed by atoms with Gasteiger partial charge < -0.3 is 34.9 Å². The molecular weight excluding hydrogens is 526 g/mol. The van der Waals surface area contributed by atoms with Gasteiger partial charge in [-0.05, 0) is 68.7 Å². The van der Waals surface area contributed by atoms with Crippen LogP contribution in [-0.4, -0.2) is 73.6 Å². The van der Waals surface area contributed by atoms with Crippen LogP contribution < -0.4 is 10.6 Å². The molecule has 0 aliphatic heterocycles. The van der Waals surface area contributed by atoms with Gasteiger partial charge in [-0.25, -0.2) is 9.59 Å². The first-order valence-corrected chi connectivity index (χ1v) is 12.9. The van der Waals surface area contributed by atoms with Gasteiger partial charge in [0.2, 0.25) is 0 Å². The Hall–Kier alpha value is -3.34. The van der Waals surface area contributed by atoms with Crippen LogP contribution in [0.1, 0.15) is 60.8 Å². The minimum absolute atomic E-state index is 0.145. The van der Waals surface area contributed by atoms with Crippen molar-refractivity contribution >= 4 is 29.7 Å². The molecule has 0 spiro atoms. The summed E-state index contributed by atoms with van der Waals surface area (Å²) in [5.74, 6) is -0.381. The highest BCUT2D eigenvalue weighted by atomic mass is 35.5. The number of hydrogen-bond donors (Lipinski definition) is 3. The van der Waals surface area contributed by atoms with Crippen LogP contribution in [0.2, 0.25) is 5.02 Å². The quantitative estimate of drug-likeness (QED) is 0.348. The normalized spacial score (nSPS) is 12.7. The minimum atomic E-state index is -0.640. The summed E-state index contributed by atoms with van der Waals surface area (Å²) in [5.41, 5.74) is 1.54. The zero-order chi connectivity index (χ0) is 29.2. The zero-order valence-corrected chi connectivity index (χ0v) is 24.0. The molecule has 2 rings (SSSR count). The van der Waals surface area contributed by atoms with Gasteiger partial charge in [-0.1, -0.05) is 29.8 Å². The summed E-state index contributed by atoms with van der Waals surface area (Å²) in [4.78, 5) is 38.3. The lowest BCUT2D eigenvalue weighted by Crippen LogP contribution is -2.45.